The first-order valence-electron chi connectivity index (χ1n) is 3.77. The number of aromatic nitrogens is 2. The third kappa shape index (κ3) is 2.36. The van der Waals surface area contributed by atoms with Gasteiger partial charge in [0.2, 0.25) is 0 Å². The molecule has 0 N–H and O–H groups in total. The van der Waals surface area contributed by atoms with E-state index in [4.69, 9.17) is 0 Å². The number of hydrogen-bond acceptors (Lipinski definition) is 2. The van der Waals surface area contributed by atoms with E-state index in [0.717, 1.165) is 0 Å². The van der Waals surface area contributed by atoms with Crippen LogP contribution in [0.1, 0.15) is 0 Å². The minimum atomic E-state index is 0. The van der Waals surface area contributed by atoms with Crippen molar-refractivity contribution in [3.05, 3.63) is 49.1 Å². The van der Waals surface area contributed by atoms with E-state index in [0.29, 0.717) is 0 Å². The lowest BCUT2D eigenvalue weighted by molar-refractivity contribution is 1.31. The molecule has 0 spiro atoms. The van der Waals surface area contributed by atoms with Gasteiger partial charge in [0.1, 0.15) is 0 Å². The van der Waals surface area contributed by atoms with Crippen LogP contribution in [-0.4, -0.2) is 9.97 Å². The predicted octanol–water partition coefficient (Wildman–Crippen LogP) is 2.72. The molecule has 0 aliphatic heterocycles. The number of rotatable bonds is 1. The summed E-state index contributed by atoms with van der Waals surface area (Å²) >= 11 is 0. The van der Waals surface area contributed by atoms with Gasteiger partial charge in [-0.25, -0.2) is 0 Å². The quantitative estimate of drug-likeness (QED) is 0.762. The second kappa shape index (κ2) is 4.72. The monoisotopic (exact) mass is 236 g/mol. The van der Waals surface area contributed by atoms with Crippen molar-refractivity contribution in [1.82, 2.24) is 9.97 Å². The molecule has 2 heterocycles. The minimum Gasteiger partial charge on any atom is -0.265 e. The normalized spacial score (nSPS) is 8.92. The van der Waals surface area contributed by atoms with Crippen LogP contribution in [0.25, 0.3) is 11.1 Å². The van der Waals surface area contributed by atoms with Gasteiger partial charge in [-0.15, -0.1) is 17.0 Å². The zero-order valence-corrected chi connectivity index (χ0v) is 8.63. The van der Waals surface area contributed by atoms with Crippen LogP contribution in [0.15, 0.2) is 49.1 Å². The maximum atomic E-state index is 3.96. The van der Waals surface area contributed by atoms with Crippen molar-refractivity contribution >= 4 is 17.0 Å². The van der Waals surface area contributed by atoms with Crippen molar-refractivity contribution in [3.8, 4) is 11.1 Å². The Bertz CT molecular complexity index is 310. The third-order valence-electron chi connectivity index (χ3n) is 1.69. The summed E-state index contributed by atoms with van der Waals surface area (Å²) < 4.78 is 0. The topological polar surface area (TPSA) is 25.8 Å². The summed E-state index contributed by atoms with van der Waals surface area (Å²) in [4.78, 5) is 7.91. The van der Waals surface area contributed by atoms with Crippen molar-refractivity contribution in [2.75, 3.05) is 0 Å². The van der Waals surface area contributed by atoms with Crippen molar-refractivity contribution in [2.45, 2.75) is 0 Å². The highest BCUT2D eigenvalue weighted by Crippen LogP contribution is 2.15. The van der Waals surface area contributed by atoms with E-state index in [-0.39, 0.29) is 17.0 Å². The van der Waals surface area contributed by atoms with Gasteiger partial charge in [-0.3, -0.25) is 9.97 Å². The Morgan fingerprint density at radius 1 is 0.615 bits per heavy atom. The molecule has 0 radical (unpaired) electrons. The van der Waals surface area contributed by atoms with Gasteiger partial charge in [-0.2, -0.15) is 0 Å². The summed E-state index contributed by atoms with van der Waals surface area (Å²) in [5.41, 5.74) is 2.35. The third-order valence-corrected chi connectivity index (χ3v) is 1.69. The fraction of sp³-hybridized carbons (Fsp3) is 0. The molecule has 0 unspecified atom stereocenters. The summed E-state index contributed by atoms with van der Waals surface area (Å²) in [6, 6.07) is 7.93. The van der Waals surface area contributed by atoms with Crippen LogP contribution in [-0.2, 0) is 0 Å². The molecule has 2 aromatic rings. The van der Waals surface area contributed by atoms with Gasteiger partial charge in [0.25, 0.3) is 0 Å². The highest BCUT2D eigenvalue weighted by Gasteiger charge is 1.92. The van der Waals surface area contributed by atoms with Crippen LogP contribution < -0.4 is 0 Å². The number of hydrogen-bond donors (Lipinski definition) is 0. The molecule has 0 bridgehead atoms. The summed E-state index contributed by atoms with van der Waals surface area (Å²) in [5, 5.41) is 0. The SMILES string of the molecule is Br.c1cc(-c2ccncc2)ccn1. The highest BCUT2D eigenvalue weighted by molar-refractivity contribution is 8.93. The Kier molecular flexibility index (Phi) is 3.58. The maximum absolute atomic E-state index is 3.96. The molecule has 0 saturated carbocycles. The zero-order valence-electron chi connectivity index (χ0n) is 6.92. The van der Waals surface area contributed by atoms with Crippen LogP contribution in [0.2, 0.25) is 0 Å². The molecule has 2 aromatic heterocycles. The molecule has 2 nitrogen and oxygen atoms in total. The lowest BCUT2D eigenvalue weighted by Crippen LogP contribution is -1.77. The first-order chi connectivity index (χ1) is 5.97. The van der Waals surface area contributed by atoms with E-state index >= 15 is 0 Å². The van der Waals surface area contributed by atoms with Crippen LogP contribution in [0.4, 0.5) is 0 Å². The molecule has 13 heavy (non-hydrogen) atoms. The smallest absolute Gasteiger partial charge is 0.0273 e. The average Bonchev–Trinajstić information content (AvgIpc) is 2.21. The first-order valence-corrected chi connectivity index (χ1v) is 3.77. The fourth-order valence-corrected chi connectivity index (χ4v) is 1.09. The van der Waals surface area contributed by atoms with E-state index in [1.165, 1.54) is 11.1 Å². The molecule has 0 atom stereocenters. The minimum absolute atomic E-state index is 0. The van der Waals surface area contributed by atoms with Gasteiger partial charge in [0.05, 0.1) is 0 Å². The summed E-state index contributed by atoms with van der Waals surface area (Å²) in [6.45, 7) is 0. The lowest BCUT2D eigenvalue weighted by Gasteiger charge is -1.97. The Morgan fingerprint density at radius 3 is 1.23 bits per heavy atom. The van der Waals surface area contributed by atoms with Gasteiger partial charge in [-0.1, -0.05) is 0 Å². The van der Waals surface area contributed by atoms with Crippen LogP contribution in [0.3, 0.4) is 0 Å². The molecule has 0 fully saturated rings. The zero-order chi connectivity index (χ0) is 8.23. The average molecular weight is 237 g/mol. The first kappa shape index (κ1) is 9.86. The standard InChI is InChI=1S/C10H8N2.BrH/c1-5-11-6-2-9(1)10-3-7-12-8-4-10;/h1-8H;1H. The van der Waals surface area contributed by atoms with E-state index < -0.39 is 0 Å². The molecule has 3 heteroatoms. The Labute approximate surface area is 87.4 Å². The molecule has 0 aliphatic carbocycles. The van der Waals surface area contributed by atoms with Crippen molar-refractivity contribution < 1.29 is 0 Å². The fourth-order valence-electron chi connectivity index (χ4n) is 1.09. The van der Waals surface area contributed by atoms with Crippen LogP contribution in [0, 0.1) is 0 Å². The molecular formula is C10H9BrN2. The number of nitrogens with zero attached hydrogens (tertiary/aromatic N) is 2. The maximum Gasteiger partial charge on any atom is 0.0273 e. The number of halogens is 1. The Hall–Kier alpha value is -1.22. The van der Waals surface area contributed by atoms with E-state index in [2.05, 4.69) is 9.97 Å². The second-order valence-corrected chi connectivity index (χ2v) is 2.47. The van der Waals surface area contributed by atoms with Crippen molar-refractivity contribution in [2.24, 2.45) is 0 Å². The second-order valence-electron chi connectivity index (χ2n) is 2.47. The van der Waals surface area contributed by atoms with Gasteiger partial charge in [-0.05, 0) is 35.4 Å². The molecule has 0 saturated heterocycles. The van der Waals surface area contributed by atoms with Gasteiger partial charge in [0.15, 0.2) is 0 Å². The molecule has 0 amide bonds. The Morgan fingerprint density at radius 2 is 0.923 bits per heavy atom. The molecule has 66 valence electrons. The summed E-state index contributed by atoms with van der Waals surface area (Å²) in [7, 11) is 0. The molecule has 2 rings (SSSR count). The lowest BCUT2D eigenvalue weighted by atomic mass is 10.1. The Balaban J connectivity index is 0.000000845. The van der Waals surface area contributed by atoms with E-state index in [1.54, 1.807) is 24.8 Å². The summed E-state index contributed by atoms with van der Waals surface area (Å²) in [5.74, 6) is 0. The van der Waals surface area contributed by atoms with E-state index in [9.17, 15) is 0 Å². The van der Waals surface area contributed by atoms with Crippen LogP contribution in [0.5, 0.6) is 0 Å². The molecular weight excluding hydrogens is 228 g/mol. The summed E-state index contributed by atoms with van der Waals surface area (Å²) in [6.07, 6.45) is 7.15. The van der Waals surface area contributed by atoms with Crippen molar-refractivity contribution in [3.63, 3.8) is 0 Å². The molecule has 0 aliphatic rings. The van der Waals surface area contributed by atoms with Gasteiger partial charge >= 0.3 is 0 Å². The van der Waals surface area contributed by atoms with Crippen LogP contribution >= 0.6 is 17.0 Å². The van der Waals surface area contributed by atoms with Crippen molar-refractivity contribution in [1.29, 1.82) is 0 Å². The number of pyridine rings is 2. The predicted molar refractivity (Wildman–Crippen MR) is 57.8 cm³/mol. The molecule has 0 aromatic carbocycles. The van der Waals surface area contributed by atoms with E-state index in [1.807, 2.05) is 24.3 Å². The van der Waals surface area contributed by atoms with Gasteiger partial charge < -0.3 is 0 Å². The van der Waals surface area contributed by atoms with Gasteiger partial charge in [0, 0.05) is 24.8 Å². The highest BCUT2D eigenvalue weighted by atomic mass is 79.9. The largest absolute Gasteiger partial charge is 0.265 e.